The monoisotopic (exact) mass is 1140 g/mol. The zero-order valence-corrected chi connectivity index (χ0v) is 52.0. The fourth-order valence-electron chi connectivity index (χ4n) is 9.81. The zero-order valence-electron chi connectivity index (χ0n) is 49.1. The molecule has 9 heteroatoms. The van der Waals surface area contributed by atoms with Crippen LogP contribution in [0.25, 0.3) is 0 Å². The van der Waals surface area contributed by atoms with Gasteiger partial charge in [0.25, 0.3) is 0 Å². The molecular weight excluding hydrogens is 1020 g/mol. The maximum atomic E-state index is 10.9. The molecule has 430 valence electrons. The van der Waals surface area contributed by atoms with E-state index in [0.717, 1.165) is 38.5 Å². The Balaban J connectivity index is -0.00000113. The van der Waals surface area contributed by atoms with Crippen LogP contribution >= 0.6 is 0 Å². The molecule has 0 aromatic heterocycles. The van der Waals surface area contributed by atoms with Gasteiger partial charge >= 0.3 is 171 Å². The second kappa shape index (κ2) is 66.8. The van der Waals surface area contributed by atoms with Crippen LogP contribution in [-0.2, 0) is 19.2 Å². The number of carbonyl (C=O) groups excluding carboxylic acids is 4. The SMILES string of the molecule is CCCCCCCCC(CCCC(=O)[O-])C(=O)[O-].CCCCCCCCC(CCCC(=O)[O-])C(=O)[O-].CCCCCCCCCCCCCCCCC[CH2][Sn+4][CH2]CCCCCCCCCCCCCCCCC. The molecule has 8 nitrogen and oxygen atoms in total. The predicted octanol–water partition coefficient (Wildman–Crippen LogP) is 16.1. The first-order valence-corrected chi connectivity index (χ1v) is 36.1. The van der Waals surface area contributed by atoms with Crippen molar-refractivity contribution in [1.82, 2.24) is 0 Å². The molecule has 73 heavy (non-hydrogen) atoms. The van der Waals surface area contributed by atoms with Crippen LogP contribution in [0, 0.1) is 11.8 Å². The van der Waals surface area contributed by atoms with Crippen molar-refractivity contribution in [2.75, 3.05) is 0 Å². The van der Waals surface area contributed by atoms with E-state index < -0.39 is 35.7 Å². The van der Waals surface area contributed by atoms with Gasteiger partial charge in [-0.25, -0.2) is 0 Å². The summed E-state index contributed by atoms with van der Waals surface area (Å²) >= 11 is 0.00985. The van der Waals surface area contributed by atoms with Gasteiger partial charge in [-0.3, -0.25) is 0 Å². The quantitative estimate of drug-likeness (QED) is 0.0430. The van der Waals surface area contributed by atoms with Gasteiger partial charge in [-0.1, -0.05) is 169 Å². The van der Waals surface area contributed by atoms with Crippen LogP contribution in [0.1, 0.15) is 362 Å². The number of carbonyl (C=O) groups is 4. The molecule has 2 unspecified atom stereocenters. The molecule has 6 radical (unpaired) electrons. The number of carboxylic acids is 4. The molecule has 0 aliphatic carbocycles. The number of carboxylic acid groups (broad SMARTS) is 4. The number of rotatable bonds is 58. The molecule has 0 saturated carbocycles. The van der Waals surface area contributed by atoms with Gasteiger partial charge in [0.05, 0.1) is 0 Å². The second-order valence-electron chi connectivity index (χ2n) is 22.0. The first-order chi connectivity index (χ1) is 35.6. The number of hydrogen-bond acceptors (Lipinski definition) is 8. The van der Waals surface area contributed by atoms with E-state index in [4.69, 9.17) is 0 Å². The number of hydrogen-bond donors (Lipinski definition) is 0. The average molecular weight is 1140 g/mol. The Morgan fingerprint density at radius 1 is 0.260 bits per heavy atom. The van der Waals surface area contributed by atoms with Crippen LogP contribution in [0.3, 0.4) is 0 Å². The van der Waals surface area contributed by atoms with Crippen molar-refractivity contribution in [2.24, 2.45) is 11.8 Å². The Kier molecular flexibility index (Phi) is 69.5. The topological polar surface area (TPSA) is 161 Å². The van der Waals surface area contributed by atoms with Gasteiger partial charge in [-0.05, 0) is 63.2 Å². The Bertz CT molecular complexity index is 1030. The van der Waals surface area contributed by atoms with E-state index in [-0.39, 0.29) is 34.0 Å². The van der Waals surface area contributed by atoms with Gasteiger partial charge in [0, 0.05) is 23.9 Å². The van der Waals surface area contributed by atoms with E-state index in [1.165, 1.54) is 231 Å². The minimum atomic E-state index is -1.12. The van der Waals surface area contributed by atoms with Crippen molar-refractivity contribution in [3.05, 3.63) is 0 Å². The van der Waals surface area contributed by atoms with E-state index in [1.54, 1.807) is 21.7 Å². The predicted molar refractivity (Wildman–Crippen MR) is 305 cm³/mol. The Hall–Kier alpha value is -1.32. The van der Waals surface area contributed by atoms with E-state index >= 15 is 0 Å². The minimum absolute atomic E-state index is 0.00985. The fraction of sp³-hybridized carbons (Fsp3) is 0.938. The summed E-state index contributed by atoms with van der Waals surface area (Å²) in [6.45, 7) is 8.93. The summed E-state index contributed by atoms with van der Waals surface area (Å²) in [7, 11) is 0. The summed E-state index contributed by atoms with van der Waals surface area (Å²) in [5, 5.41) is 42.2. The first-order valence-electron chi connectivity index (χ1n) is 32.1. The van der Waals surface area contributed by atoms with Crippen LogP contribution in [0.15, 0.2) is 0 Å². The van der Waals surface area contributed by atoms with Gasteiger partial charge in [0.15, 0.2) is 0 Å². The first kappa shape index (κ1) is 75.9. The van der Waals surface area contributed by atoms with Crippen molar-refractivity contribution in [2.45, 2.75) is 370 Å². The molecule has 0 rings (SSSR count). The van der Waals surface area contributed by atoms with Crippen molar-refractivity contribution in [1.29, 1.82) is 0 Å². The van der Waals surface area contributed by atoms with Crippen LogP contribution in [0.5, 0.6) is 0 Å². The molecule has 0 amide bonds. The summed E-state index contributed by atoms with van der Waals surface area (Å²) in [6.07, 6.45) is 63.8. The standard InChI is InChI=1S/2C18H37.2C14H26O4.Sn/c2*1-3-5-7-9-11-13-15-17-18-16-14-12-10-8-6-4-2;2*1-2-3-4-5-6-7-9-12(14(17)18)10-8-11-13(15)16;/h2*1,3-18H2,2H3;2*12H,2-11H2,1H3,(H,15,16)(H,17,18);/q;;;;+4/p-4. The van der Waals surface area contributed by atoms with Gasteiger partial charge in [0.1, 0.15) is 0 Å². The van der Waals surface area contributed by atoms with Crippen LogP contribution in [0.4, 0.5) is 0 Å². The van der Waals surface area contributed by atoms with Gasteiger partial charge < -0.3 is 39.6 Å². The third-order valence-electron chi connectivity index (χ3n) is 14.8. The molecular formula is C64H122O8Sn. The molecule has 0 spiro atoms. The minimum Gasteiger partial charge on any atom is -0.0654 e. The molecule has 0 aromatic rings. The van der Waals surface area contributed by atoms with E-state index in [1.807, 2.05) is 0 Å². The van der Waals surface area contributed by atoms with Crippen LogP contribution < -0.4 is 20.4 Å². The van der Waals surface area contributed by atoms with E-state index in [0.29, 0.717) is 38.5 Å². The Morgan fingerprint density at radius 3 is 0.630 bits per heavy atom. The van der Waals surface area contributed by atoms with Gasteiger partial charge in [0.2, 0.25) is 0 Å². The van der Waals surface area contributed by atoms with Crippen molar-refractivity contribution < 1.29 is 39.6 Å². The molecule has 0 heterocycles. The third kappa shape index (κ3) is 70.7. The fourth-order valence-corrected chi connectivity index (χ4v) is 13.4. The molecule has 0 saturated heterocycles. The normalized spacial score (nSPS) is 11.9. The summed E-state index contributed by atoms with van der Waals surface area (Å²) in [5.74, 6) is -5.35. The van der Waals surface area contributed by atoms with Crippen molar-refractivity contribution in [3.63, 3.8) is 0 Å². The van der Waals surface area contributed by atoms with E-state index in [9.17, 15) is 39.6 Å². The molecule has 0 aliphatic rings. The smallest absolute Gasteiger partial charge is 0.0654 e. The molecule has 0 bridgehead atoms. The van der Waals surface area contributed by atoms with Crippen LogP contribution in [-0.4, -0.2) is 45.0 Å². The molecule has 0 aliphatic heterocycles. The molecule has 0 fully saturated rings. The van der Waals surface area contributed by atoms with Crippen molar-refractivity contribution >= 4 is 45.0 Å². The molecule has 2 atom stereocenters. The van der Waals surface area contributed by atoms with Gasteiger partial charge in [-0.15, -0.1) is 0 Å². The third-order valence-corrected chi connectivity index (χ3v) is 18.8. The summed E-state index contributed by atoms with van der Waals surface area (Å²) < 4.78 is 3.33. The van der Waals surface area contributed by atoms with Crippen LogP contribution in [0.2, 0.25) is 8.87 Å². The summed E-state index contributed by atoms with van der Waals surface area (Å²) in [6, 6.07) is 0. The van der Waals surface area contributed by atoms with Crippen molar-refractivity contribution in [3.8, 4) is 0 Å². The van der Waals surface area contributed by atoms with E-state index in [2.05, 4.69) is 27.7 Å². The molecule has 0 aromatic carbocycles. The Morgan fingerprint density at radius 2 is 0.438 bits per heavy atom. The summed E-state index contributed by atoms with van der Waals surface area (Å²) in [4.78, 5) is 42.2. The summed E-state index contributed by atoms with van der Waals surface area (Å²) in [5.41, 5.74) is 0. The average Bonchev–Trinajstić information content (AvgIpc) is 3.36. The molecule has 0 N–H and O–H groups in total. The Labute approximate surface area is 464 Å². The number of aliphatic carboxylic acids is 4. The number of unbranched alkanes of at least 4 members (excludes halogenated alkanes) is 40. The van der Waals surface area contributed by atoms with Gasteiger partial charge in [-0.2, -0.15) is 0 Å². The second-order valence-corrected chi connectivity index (χ2v) is 26.3. The maximum absolute atomic E-state index is 10.9. The zero-order chi connectivity index (χ0) is 54.4.